The summed E-state index contributed by atoms with van der Waals surface area (Å²) in [5.41, 5.74) is -0.0159. The number of phenolic OH excluding ortho intramolecular Hbond substituents is 1. The quantitative estimate of drug-likeness (QED) is 0.382. The monoisotopic (exact) mass is 187 g/mol. The van der Waals surface area contributed by atoms with Gasteiger partial charge in [-0.2, -0.15) is 0 Å². The molecule has 0 saturated carbocycles. The van der Waals surface area contributed by atoms with E-state index in [9.17, 15) is 10.1 Å². The molecule has 0 spiro atoms. The number of nitro groups is 1. The Kier molecular flexibility index (Phi) is 8.56. The van der Waals surface area contributed by atoms with Crippen LogP contribution in [0.1, 0.15) is 0 Å². The number of hydrogen-bond acceptors (Lipinski definition) is 3. The summed E-state index contributed by atoms with van der Waals surface area (Å²) in [6.07, 6.45) is 0. The molecular weight excluding hydrogens is 180 g/mol. The predicted octanol–water partition coefficient (Wildman–Crippen LogP) is 0.00340. The van der Waals surface area contributed by atoms with E-state index < -0.39 is 4.92 Å². The first-order valence-corrected chi connectivity index (χ1v) is 2.63. The van der Waals surface area contributed by atoms with Gasteiger partial charge in [-0.1, -0.05) is 0 Å². The Morgan fingerprint density at radius 3 is 1.92 bits per heavy atom. The number of hydrogen-bond donors (Lipinski definition) is 1. The van der Waals surface area contributed by atoms with Crippen LogP contribution < -0.4 is 0 Å². The van der Waals surface area contributed by atoms with Gasteiger partial charge in [0.1, 0.15) is 5.75 Å². The minimum atomic E-state index is -0.514. The Bertz CT molecular complexity index is 249. The molecular formula is C6H7NNa2O3. The number of benzene rings is 1. The molecule has 0 heterocycles. The standard InChI is InChI=1S/C6H5NO3.2Na.2H/c8-6-3-1-5(2-4-6)7(9)10;;;;/h1-4,8H;;;;. The number of nitro benzene ring substituents is 1. The second kappa shape index (κ2) is 6.88. The first-order chi connectivity index (χ1) is 4.70. The zero-order valence-electron chi connectivity index (χ0n) is 5.02. The Balaban J connectivity index is 0. The van der Waals surface area contributed by atoms with Gasteiger partial charge in [0, 0.05) is 12.1 Å². The van der Waals surface area contributed by atoms with Crippen LogP contribution in [0.25, 0.3) is 0 Å². The van der Waals surface area contributed by atoms with Gasteiger partial charge in [-0.25, -0.2) is 0 Å². The zero-order valence-corrected chi connectivity index (χ0v) is 5.02. The molecule has 12 heavy (non-hydrogen) atoms. The summed E-state index contributed by atoms with van der Waals surface area (Å²) in [7, 11) is 0. The second-order valence-electron chi connectivity index (χ2n) is 1.77. The molecule has 0 unspecified atom stereocenters. The van der Waals surface area contributed by atoms with Gasteiger partial charge in [0.25, 0.3) is 5.69 Å². The molecule has 0 aromatic heterocycles. The van der Waals surface area contributed by atoms with Crippen molar-refractivity contribution in [3.05, 3.63) is 34.4 Å². The maximum atomic E-state index is 10.0. The summed E-state index contributed by atoms with van der Waals surface area (Å²) >= 11 is 0. The van der Waals surface area contributed by atoms with E-state index in [1.54, 1.807) is 0 Å². The molecule has 0 amide bonds. The van der Waals surface area contributed by atoms with E-state index in [1.807, 2.05) is 0 Å². The van der Waals surface area contributed by atoms with Crippen LogP contribution in [0.15, 0.2) is 24.3 Å². The topological polar surface area (TPSA) is 63.4 Å². The fourth-order valence-electron chi connectivity index (χ4n) is 0.574. The molecule has 0 aliphatic rings. The van der Waals surface area contributed by atoms with Gasteiger partial charge >= 0.3 is 59.1 Å². The SMILES string of the molecule is O=[N+]([O-])c1ccc(O)cc1.[NaH].[NaH]. The molecule has 0 fully saturated rings. The summed E-state index contributed by atoms with van der Waals surface area (Å²) in [5.74, 6) is 0.0330. The predicted molar refractivity (Wildman–Crippen MR) is 49.1 cm³/mol. The van der Waals surface area contributed by atoms with Crippen molar-refractivity contribution in [2.75, 3.05) is 0 Å². The van der Waals surface area contributed by atoms with Crippen molar-refractivity contribution in [2.24, 2.45) is 0 Å². The number of aromatic hydroxyl groups is 1. The maximum absolute atomic E-state index is 10.0. The van der Waals surface area contributed by atoms with Crippen LogP contribution in [0.4, 0.5) is 5.69 Å². The average Bonchev–Trinajstić information content (AvgIpc) is 1.88. The van der Waals surface area contributed by atoms with Gasteiger partial charge < -0.3 is 5.11 Å². The van der Waals surface area contributed by atoms with Crippen molar-refractivity contribution in [3.8, 4) is 5.75 Å². The number of phenols is 1. The van der Waals surface area contributed by atoms with Gasteiger partial charge in [-0.3, -0.25) is 10.1 Å². The molecule has 0 radical (unpaired) electrons. The summed E-state index contributed by atoms with van der Waals surface area (Å²) in [6, 6.07) is 5.04. The van der Waals surface area contributed by atoms with Crippen molar-refractivity contribution in [1.29, 1.82) is 0 Å². The Morgan fingerprint density at radius 2 is 1.58 bits per heavy atom. The third-order valence-electron chi connectivity index (χ3n) is 1.06. The van der Waals surface area contributed by atoms with Crippen LogP contribution in [0.3, 0.4) is 0 Å². The van der Waals surface area contributed by atoms with Gasteiger partial charge in [0.2, 0.25) is 0 Å². The van der Waals surface area contributed by atoms with E-state index in [4.69, 9.17) is 5.11 Å². The summed E-state index contributed by atoms with van der Waals surface area (Å²) in [5, 5.41) is 18.8. The molecule has 0 bridgehead atoms. The zero-order chi connectivity index (χ0) is 7.56. The van der Waals surface area contributed by atoms with E-state index in [0.29, 0.717) is 0 Å². The van der Waals surface area contributed by atoms with Crippen LogP contribution in [-0.4, -0.2) is 69.1 Å². The summed E-state index contributed by atoms with van der Waals surface area (Å²) in [4.78, 5) is 9.52. The molecule has 0 aliphatic carbocycles. The van der Waals surface area contributed by atoms with Crippen molar-refractivity contribution in [2.45, 2.75) is 0 Å². The van der Waals surface area contributed by atoms with Crippen LogP contribution in [0, 0.1) is 10.1 Å². The summed E-state index contributed by atoms with van der Waals surface area (Å²) < 4.78 is 0. The molecule has 56 valence electrons. The first-order valence-electron chi connectivity index (χ1n) is 2.63. The summed E-state index contributed by atoms with van der Waals surface area (Å²) in [6.45, 7) is 0. The minimum absolute atomic E-state index is 0. The molecule has 1 aromatic rings. The van der Waals surface area contributed by atoms with Crippen molar-refractivity contribution >= 4 is 64.8 Å². The Morgan fingerprint density at radius 1 is 1.17 bits per heavy atom. The number of non-ortho nitro benzene ring substituents is 1. The van der Waals surface area contributed by atoms with Crippen molar-refractivity contribution in [3.63, 3.8) is 0 Å². The molecule has 0 atom stereocenters. The van der Waals surface area contributed by atoms with Gasteiger partial charge in [-0.15, -0.1) is 0 Å². The number of rotatable bonds is 1. The van der Waals surface area contributed by atoms with Gasteiger partial charge in [0.15, 0.2) is 0 Å². The van der Waals surface area contributed by atoms with E-state index in [2.05, 4.69) is 0 Å². The molecule has 1 aromatic carbocycles. The number of nitrogens with zero attached hydrogens (tertiary/aromatic N) is 1. The first kappa shape index (κ1) is 14.9. The molecule has 6 heteroatoms. The molecule has 0 saturated heterocycles. The Labute approximate surface area is 114 Å². The van der Waals surface area contributed by atoms with Crippen molar-refractivity contribution < 1.29 is 10.0 Å². The van der Waals surface area contributed by atoms with Crippen LogP contribution in [0.2, 0.25) is 0 Å². The molecule has 4 nitrogen and oxygen atoms in total. The fraction of sp³-hybridized carbons (Fsp3) is 0. The van der Waals surface area contributed by atoms with E-state index >= 15 is 0 Å². The van der Waals surface area contributed by atoms with E-state index in [1.165, 1.54) is 24.3 Å². The van der Waals surface area contributed by atoms with Crippen LogP contribution in [0.5, 0.6) is 5.75 Å². The molecule has 0 aliphatic heterocycles. The Hall–Kier alpha value is 0.420. The van der Waals surface area contributed by atoms with Crippen LogP contribution in [-0.2, 0) is 0 Å². The van der Waals surface area contributed by atoms with Gasteiger partial charge in [-0.05, 0) is 12.1 Å². The normalized spacial score (nSPS) is 7.67. The second-order valence-corrected chi connectivity index (χ2v) is 1.77. The third kappa shape index (κ3) is 4.45. The van der Waals surface area contributed by atoms with Gasteiger partial charge in [0.05, 0.1) is 4.92 Å². The molecule has 1 N–H and O–H groups in total. The third-order valence-corrected chi connectivity index (χ3v) is 1.06. The van der Waals surface area contributed by atoms with E-state index in [-0.39, 0.29) is 70.6 Å². The van der Waals surface area contributed by atoms with E-state index in [0.717, 1.165) is 0 Å². The van der Waals surface area contributed by atoms with Crippen LogP contribution >= 0.6 is 0 Å². The molecule has 1 rings (SSSR count). The fourth-order valence-corrected chi connectivity index (χ4v) is 0.574. The average molecular weight is 187 g/mol. The van der Waals surface area contributed by atoms with Crippen molar-refractivity contribution in [1.82, 2.24) is 0 Å².